The zero-order chi connectivity index (χ0) is 13.7. The van der Waals surface area contributed by atoms with Crippen molar-refractivity contribution >= 4 is 11.6 Å². The molecule has 1 saturated carbocycles. The van der Waals surface area contributed by atoms with E-state index in [1.54, 1.807) is 0 Å². The largest absolute Gasteiger partial charge is 0.490 e. The summed E-state index contributed by atoms with van der Waals surface area (Å²) >= 11 is 5.62. The van der Waals surface area contributed by atoms with Gasteiger partial charge in [0.15, 0.2) is 0 Å². The van der Waals surface area contributed by atoms with Gasteiger partial charge in [-0.15, -0.1) is 0 Å². The molecule has 2 fully saturated rings. The molecule has 2 aliphatic rings. The predicted molar refractivity (Wildman–Crippen MR) is 65.4 cm³/mol. The van der Waals surface area contributed by atoms with E-state index >= 15 is 0 Å². The van der Waals surface area contributed by atoms with Crippen LogP contribution in [-0.2, 0) is 6.18 Å². The SMILES string of the molecule is FC(F)(F)c1cc(Cl)ccc1OC1CC2(CNC2)C1. The molecule has 6 heteroatoms. The molecule has 1 heterocycles. The Morgan fingerprint density at radius 2 is 1.95 bits per heavy atom. The van der Waals surface area contributed by atoms with Gasteiger partial charge in [-0.1, -0.05) is 11.6 Å². The van der Waals surface area contributed by atoms with E-state index in [4.69, 9.17) is 16.3 Å². The summed E-state index contributed by atoms with van der Waals surface area (Å²) in [4.78, 5) is 0. The van der Waals surface area contributed by atoms with Crippen molar-refractivity contribution in [2.45, 2.75) is 25.1 Å². The van der Waals surface area contributed by atoms with E-state index in [1.807, 2.05) is 0 Å². The second kappa shape index (κ2) is 4.28. The fourth-order valence-electron chi connectivity index (χ4n) is 2.76. The molecule has 0 radical (unpaired) electrons. The van der Waals surface area contributed by atoms with Gasteiger partial charge in [0.1, 0.15) is 5.75 Å². The smallest absolute Gasteiger partial charge is 0.420 e. The van der Waals surface area contributed by atoms with Gasteiger partial charge >= 0.3 is 6.18 Å². The van der Waals surface area contributed by atoms with Crippen LogP contribution in [0.15, 0.2) is 18.2 Å². The topological polar surface area (TPSA) is 21.3 Å². The first-order valence-electron chi connectivity index (χ1n) is 6.12. The van der Waals surface area contributed by atoms with Crippen molar-refractivity contribution in [1.82, 2.24) is 5.32 Å². The monoisotopic (exact) mass is 291 g/mol. The summed E-state index contributed by atoms with van der Waals surface area (Å²) in [6.45, 7) is 1.89. The Hall–Kier alpha value is -0.940. The van der Waals surface area contributed by atoms with E-state index in [1.165, 1.54) is 12.1 Å². The minimum absolute atomic E-state index is 0.0629. The molecular weight excluding hydrogens is 279 g/mol. The first-order valence-corrected chi connectivity index (χ1v) is 6.50. The molecule has 0 atom stereocenters. The highest BCUT2D eigenvalue weighted by atomic mass is 35.5. The lowest BCUT2D eigenvalue weighted by molar-refractivity contribution is -0.140. The fraction of sp³-hybridized carbons (Fsp3) is 0.538. The Morgan fingerprint density at radius 3 is 2.47 bits per heavy atom. The van der Waals surface area contributed by atoms with Crippen molar-refractivity contribution in [3.05, 3.63) is 28.8 Å². The molecule has 1 aromatic rings. The van der Waals surface area contributed by atoms with E-state index in [-0.39, 0.29) is 22.3 Å². The summed E-state index contributed by atoms with van der Waals surface area (Å²) in [5.74, 6) is -0.121. The summed E-state index contributed by atoms with van der Waals surface area (Å²) < 4.78 is 44.1. The van der Waals surface area contributed by atoms with Crippen molar-refractivity contribution in [3.63, 3.8) is 0 Å². The summed E-state index contributed by atoms with van der Waals surface area (Å²) in [6.07, 6.45) is -2.93. The molecule has 0 bridgehead atoms. The van der Waals surface area contributed by atoms with E-state index in [2.05, 4.69) is 5.32 Å². The molecule has 1 spiro atoms. The average molecular weight is 292 g/mol. The van der Waals surface area contributed by atoms with Crippen molar-refractivity contribution in [1.29, 1.82) is 0 Å². The molecular formula is C13H13ClF3NO. The first-order chi connectivity index (χ1) is 8.88. The lowest BCUT2D eigenvalue weighted by Crippen LogP contribution is -2.62. The van der Waals surface area contributed by atoms with Gasteiger partial charge in [-0.25, -0.2) is 0 Å². The Kier molecular flexibility index (Phi) is 2.94. The van der Waals surface area contributed by atoms with Crippen LogP contribution in [0.1, 0.15) is 18.4 Å². The number of ether oxygens (including phenoxy) is 1. The zero-order valence-electron chi connectivity index (χ0n) is 10.1. The van der Waals surface area contributed by atoms with Crippen molar-refractivity contribution < 1.29 is 17.9 Å². The molecule has 1 N–H and O–H groups in total. The molecule has 3 rings (SSSR count). The zero-order valence-corrected chi connectivity index (χ0v) is 10.8. The fourth-order valence-corrected chi connectivity index (χ4v) is 2.93. The Bertz CT molecular complexity index is 491. The summed E-state index contributed by atoms with van der Waals surface area (Å²) in [7, 11) is 0. The number of halogens is 4. The van der Waals surface area contributed by atoms with Gasteiger partial charge in [0, 0.05) is 23.5 Å². The second-order valence-electron chi connectivity index (χ2n) is 5.39. The third-order valence-corrected chi connectivity index (χ3v) is 4.10. The number of rotatable bonds is 2. The highest BCUT2D eigenvalue weighted by molar-refractivity contribution is 6.30. The molecule has 1 aliphatic carbocycles. The number of hydrogen-bond donors (Lipinski definition) is 1. The highest BCUT2D eigenvalue weighted by Crippen LogP contribution is 2.47. The second-order valence-corrected chi connectivity index (χ2v) is 5.83. The molecule has 104 valence electrons. The normalized spacial score (nSPS) is 21.9. The van der Waals surface area contributed by atoms with Crippen molar-refractivity contribution in [2.75, 3.05) is 13.1 Å². The molecule has 19 heavy (non-hydrogen) atoms. The summed E-state index contributed by atoms with van der Waals surface area (Å²) in [5.41, 5.74) is -0.525. The molecule has 0 unspecified atom stereocenters. The molecule has 1 saturated heterocycles. The summed E-state index contributed by atoms with van der Waals surface area (Å²) in [5, 5.41) is 3.24. The molecule has 0 aromatic heterocycles. The first kappa shape index (κ1) is 13.1. The minimum Gasteiger partial charge on any atom is -0.490 e. The number of alkyl halides is 3. The van der Waals surface area contributed by atoms with Gasteiger partial charge in [0.05, 0.1) is 11.7 Å². The van der Waals surface area contributed by atoms with Gasteiger partial charge < -0.3 is 10.1 Å². The number of hydrogen-bond acceptors (Lipinski definition) is 2. The van der Waals surface area contributed by atoms with Crippen LogP contribution >= 0.6 is 11.6 Å². The van der Waals surface area contributed by atoms with Crippen LogP contribution in [0.3, 0.4) is 0 Å². The van der Waals surface area contributed by atoms with E-state index in [0.29, 0.717) is 0 Å². The van der Waals surface area contributed by atoms with Crippen LogP contribution in [0.5, 0.6) is 5.75 Å². The molecule has 2 nitrogen and oxygen atoms in total. The lowest BCUT2D eigenvalue weighted by atomic mass is 9.63. The third kappa shape index (κ3) is 2.41. The maximum absolute atomic E-state index is 12.9. The lowest BCUT2D eigenvalue weighted by Gasteiger charge is -2.53. The quantitative estimate of drug-likeness (QED) is 0.900. The van der Waals surface area contributed by atoms with E-state index in [0.717, 1.165) is 32.0 Å². The molecule has 0 amide bonds. The van der Waals surface area contributed by atoms with Gasteiger partial charge in [-0.2, -0.15) is 13.2 Å². The highest BCUT2D eigenvalue weighted by Gasteiger charge is 2.50. The number of benzene rings is 1. The standard InChI is InChI=1S/C13H13ClF3NO/c14-8-1-2-11(10(3-8)13(15,16)17)19-9-4-12(5-9)6-18-7-12/h1-3,9,18H,4-7H2. The molecule has 1 aromatic carbocycles. The van der Waals surface area contributed by atoms with Crippen LogP contribution in [-0.4, -0.2) is 19.2 Å². The van der Waals surface area contributed by atoms with Crippen LogP contribution in [0.2, 0.25) is 5.02 Å². The van der Waals surface area contributed by atoms with Crippen LogP contribution in [0.4, 0.5) is 13.2 Å². The van der Waals surface area contributed by atoms with Gasteiger partial charge in [0.2, 0.25) is 0 Å². The maximum atomic E-state index is 12.9. The van der Waals surface area contributed by atoms with Gasteiger partial charge in [0.25, 0.3) is 0 Å². The van der Waals surface area contributed by atoms with Crippen LogP contribution in [0.25, 0.3) is 0 Å². The predicted octanol–water partition coefficient (Wildman–Crippen LogP) is 3.49. The minimum atomic E-state index is -4.44. The van der Waals surface area contributed by atoms with Crippen LogP contribution < -0.4 is 10.1 Å². The number of nitrogens with one attached hydrogen (secondary N) is 1. The Balaban J connectivity index is 1.74. The Labute approximate surface area is 113 Å². The van der Waals surface area contributed by atoms with Crippen molar-refractivity contribution in [3.8, 4) is 5.75 Å². The van der Waals surface area contributed by atoms with Crippen molar-refractivity contribution in [2.24, 2.45) is 5.41 Å². The van der Waals surface area contributed by atoms with E-state index in [9.17, 15) is 13.2 Å². The Morgan fingerprint density at radius 1 is 1.26 bits per heavy atom. The van der Waals surface area contributed by atoms with Crippen LogP contribution in [0, 0.1) is 5.41 Å². The third-order valence-electron chi connectivity index (χ3n) is 3.86. The van der Waals surface area contributed by atoms with E-state index < -0.39 is 11.7 Å². The average Bonchev–Trinajstić information content (AvgIpc) is 2.20. The van der Waals surface area contributed by atoms with Gasteiger partial charge in [-0.05, 0) is 31.0 Å². The summed E-state index contributed by atoms with van der Waals surface area (Å²) in [6, 6.07) is 3.64. The molecule has 1 aliphatic heterocycles. The maximum Gasteiger partial charge on any atom is 0.420 e. The van der Waals surface area contributed by atoms with Gasteiger partial charge in [-0.3, -0.25) is 0 Å².